The van der Waals surface area contributed by atoms with Crippen LogP contribution in [0.2, 0.25) is 0 Å². The molecule has 1 aromatic carbocycles. The van der Waals surface area contributed by atoms with Crippen molar-refractivity contribution in [3.05, 3.63) is 29.3 Å². The third-order valence-electron chi connectivity index (χ3n) is 4.75. The summed E-state index contributed by atoms with van der Waals surface area (Å²) in [5, 5.41) is 3.40. The summed E-state index contributed by atoms with van der Waals surface area (Å²) in [5.74, 6) is 0.920. The maximum absolute atomic E-state index is 3.40. The molecule has 1 N–H and O–H groups in total. The standard InChI is InChI=1S/C18H30N2/c1-5-19-13-16-8-11-18(15(3)12-16)20(4)17-9-6-14(2)7-10-17/h8,11-12,14,17,19H,5-7,9-10,13H2,1-4H3. The summed E-state index contributed by atoms with van der Waals surface area (Å²) < 4.78 is 0. The van der Waals surface area contributed by atoms with Crippen LogP contribution in [0, 0.1) is 12.8 Å². The zero-order chi connectivity index (χ0) is 14.5. The second kappa shape index (κ2) is 7.12. The molecule has 112 valence electrons. The van der Waals surface area contributed by atoms with Gasteiger partial charge in [0.1, 0.15) is 0 Å². The molecule has 2 nitrogen and oxygen atoms in total. The summed E-state index contributed by atoms with van der Waals surface area (Å²) in [4.78, 5) is 2.51. The topological polar surface area (TPSA) is 15.3 Å². The van der Waals surface area contributed by atoms with Gasteiger partial charge in [0, 0.05) is 25.3 Å². The van der Waals surface area contributed by atoms with Gasteiger partial charge in [0.05, 0.1) is 0 Å². The van der Waals surface area contributed by atoms with E-state index < -0.39 is 0 Å². The average molecular weight is 274 g/mol. The van der Waals surface area contributed by atoms with Crippen molar-refractivity contribution in [1.82, 2.24) is 5.32 Å². The highest BCUT2D eigenvalue weighted by Gasteiger charge is 2.22. The van der Waals surface area contributed by atoms with E-state index in [0.717, 1.165) is 25.0 Å². The van der Waals surface area contributed by atoms with Gasteiger partial charge in [-0.25, -0.2) is 0 Å². The molecule has 0 aliphatic heterocycles. The number of benzene rings is 1. The van der Waals surface area contributed by atoms with Crippen molar-refractivity contribution in [3.63, 3.8) is 0 Å². The molecule has 0 spiro atoms. The molecular weight excluding hydrogens is 244 g/mol. The van der Waals surface area contributed by atoms with E-state index in [0.29, 0.717) is 0 Å². The van der Waals surface area contributed by atoms with Crippen LogP contribution in [-0.4, -0.2) is 19.6 Å². The molecule has 1 aliphatic carbocycles. The number of nitrogens with one attached hydrogen (secondary N) is 1. The minimum absolute atomic E-state index is 0.726. The van der Waals surface area contributed by atoms with E-state index in [1.807, 2.05) is 0 Å². The van der Waals surface area contributed by atoms with E-state index in [1.54, 1.807) is 0 Å². The Hall–Kier alpha value is -1.02. The van der Waals surface area contributed by atoms with Gasteiger partial charge in [-0.05, 0) is 62.3 Å². The molecule has 1 aromatic rings. The highest BCUT2D eigenvalue weighted by atomic mass is 15.1. The Labute approximate surface area is 124 Å². The lowest BCUT2D eigenvalue weighted by Gasteiger charge is -2.36. The highest BCUT2D eigenvalue weighted by Crippen LogP contribution is 2.31. The smallest absolute Gasteiger partial charge is 0.0396 e. The van der Waals surface area contributed by atoms with Crippen LogP contribution in [0.5, 0.6) is 0 Å². The van der Waals surface area contributed by atoms with Gasteiger partial charge in [-0.1, -0.05) is 26.0 Å². The molecular formula is C18H30N2. The van der Waals surface area contributed by atoms with E-state index >= 15 is 0 Å². The van der Waals surface area contributed by atoms with E-state index in [9.17, 15) is 0 Å². The van der Waals surface area contributed by atoms with Crippen LogP contribution in [0.25, 0.3) is 0 Å². The summed E-state index contributed by atoms with van der Waals surface area (Å²) in [5.41, 5.74) is 4.20. The van der Waals surface area contributed by atoms with E-state index in [4.69, 9.17) is 0 Å². The Bertz CT molecular complexity index is 419. The van der Waals surface area contributed by atoms with Crippen molar-refractivity contribution in [2.24, 2.45) is 5.92 Å². The van der Waals surface area contributed by atoms with Crippen LogP contribution >= 0.6 is 0 Å². The Morgan fingerprint density at radius 3 is 2.50 bits per heavy atom. The Morgan fingerprint density at radius 2 is 1.90 bits per heavy atom. The maximum atomic E-state index is 3.40. The van der Waals surface area contributed by atoms with Gasteiger partial charge in [-0.3, -0.25) is 0 Å². The first-order chi connectivity index (χ1) is 9.61. The molecule has 0 saturated heterocycles. The quantitative estimate of drug-likeness (QED) is 0.869. The van der Waals surface area contributed by atoms with Gasteiger partial charge < -0.3 is 10.2 Å². The molecule has 1 aliphatic rings. The first kappa shape index (κ1) is 15.4. The fourth-order valence-electron chi connectivity index (χ4n) is 3.32. The van der Waals surface area contributed by atoms with Crippen LogP contribution in [-0.2, 0) is 6.54 Å². The molecule has 0 amide bonds. The summed E-state index contributed by atoms with van der Waals surface area (Å²) >= 11 is 0. The number of hydrogen-bond acceptors (Lipinski definition) is 2. The number of nitrogens with zero attached hydrogens (tertiary/aromatic N) is 1. The van der Waals surface area contributed by atoms with Crippen molar-refractivity contribution in [1.29, 1.82) is 0 Å². The van der Waals surface area contributed by atoms with E-state index in [1.165, 1.54) is 42.5 Å². The Kier molecular flexibility index (Phi) is 5.47. The van der Waals surface area contributed by atoms with Gasteiger partial charge in [-0.2, -0.15) is 0 Å². The first-order valence-electron chi connectivity index (χ1n) is 8.15. The minimum Gasteiger partial charge on any atom is -0.371 e. The fraction of sp³-hybridized carbons (Fsp3) is 0.667. The highest BCUT2D eigenvalue weighted by molar-refractivity contribution is 5.54. The second-order valence-electron chi connectivity index (χ2n) is 6.43. The zero-order valence-corrected chi connectivity index (χ0v) is 13.6. The predicted octanol–water partition coefficient (Wildman–Crippen LogP) is 4.12. The zero-order valence-electron chi connectivity index (χ0n) is 13.6. The van der Waals surface area contributed by atoms with Crippen molar-refractivity contribution in [3.8, 4) is 0 Å². The van der Waals surface area contributed by atoms with Gasteiger partial charge in [0.2, 0.25) is 0 Å². The molecule has 0 heterocycles. The average Bonchev–Trinajstić information content (AvgIpc) is 2.45. The SMILES string of the molecule is CCNCc1ccc(N(C)C2CCC(C)CC2)c(C)c1. The lowest BCUT2D eigenvalue weighted by molar-refractivity contribution is 0.340. The molecule has 0 aromatic heterocycles. The van der Waals surface area contributed by atoms with Crippen molar-refractivity contribution in [2.75, 3.05) is 18.5 Å². The van der Waals surface area contributed by atoms with Crippen molar-refractivity contribution in [2.45, 2.75) is 59.0 Å². The molecule has 0 radical (unpaired) electrons. The molecule has 0 unspecified atom stereocenters. The summed E-state index contributed by atoms with van der Waals surface area (Å²) in [6.07, 6.45) is 5.45. The lowest BCUT2D eigenvalue weighted by atomic mass is 9.86. The maximum Gasteiger partial charge on any atom is 0.0396 e. The van der Waals surface area contributed by atoms with Gasteiger partial charge >= 0.3 is 0 Å². The lowest BCUT2D eigenvalue weighted by Crippen LogP contribution is -2.35. The van der Waals surface area contributed by atoms with Gasteiger partial charge in [0.25, 0.3) is 0 Å². The number of rotatable bonds is 5. The molecule has 1 saturated carbocycles. The minimum atomic E-state index is 0.726. The molecule has 0 atom stereocenters. The van der Waals surface area contributed by atoms with Crippen LogP contribution in [0.15, 0.2) is 18.2 Å². The molecule has 2 heteroatoms. The normalized spacial score (nSPS) is 22.8. The van der Waals surface area contributed by atoms with Crippen LogP contribution in [0.3, 0.4) is 0 Å². The predicted molar refractivity (Wildman–Crippen MR) is 88.4 cm³/mol. The molecule has 2 rings (SSSR count). The van der Waals surface area contributed by atoms with Crippen molar-refractivity contribution < 1.29 is 0 Å². The Morgan fingerprint density at radius 1 is 1.20 bits per heavy atom. The van der Waals surface area contributed by atoms with Crippen LogP contribution < -0.4 is 10.2 Å². The van der Waals surface area contributed by atoms with E-state index in [-0.39, 0.29) is 0 Å². The van der Waals surface area contributed by atoms with Gasteiger partial charge in [0.15, 0.2) is 0 Å². The number of aryl methyl sites for hydroxylation is 1. The third kappa shape index (κ3) is 3.76. The largest absolute Gasteiger partial charge is 0.371 e. The van der Waals surface area contributed by atoms with Crippen LogP contribution in [0.4, 0.5) is 5.69 Å². The first-order valence-corrected chi connectivity index (χ1v) is 8.15. The summed E-state index contributed by atoms with van der Waals surface area (Å²) in [6.45, 7) is 8.78. The molecule has 20 heavy (non-hydrogen) atoms. The molecule has 1 fully saturated rings. The monoisotopic (exact) mass is 274 g/mol. The number of anilines is 1. The summed E-state index contributed by atoms with van der Waals surface area (Å²) in [6, 6.07) is 7.64. The summed E-state index contributed by atoms with van der Waals surface area (Å²) in [7, 11) is 2.27. The second-order valence-corrected chi connectivity index (χ2v) is 6.43. The third-order valence-corrected chi connectivity index (χ3v) is 4.75. The van der Waals surface area contributed by atoms with Gasteiger partial charge in [-0.15, -0.1) is 0 Å². The van der Waals surface area contributed by atoms with Crippen molar-refractivity contribution >= 4 is 5.69 Å². The van der Waals surface area contributed by atoms with E-state index in [2.05, 4.69) is 56.2 Å². The molecule has 0 bridgehead atoms. The Balaban J connectivity index is 2.04. The van der Waals surface area contributed by atoms with Crippen LogP contribution in [0.1, 0.15) is 50.7 Å². The number of hydrogen-bond donors (Lipinski definition) is 1. The fourth-order valence-corrected chi connectivity index (χ4v) is 3.32.